The summed E-state index contributed by atoms with van der Waals surface area (Å²) in [4.78, 5) is 16.4. The lowest BCUT2D eigenvalue weighted by Gasteiger charge is -2.16. The summed E-state index contributed by atoms with van der Waals surface area (Å²) in [6, 6.07) is 75.7. The van der Waals surface area contributed by atoms with Crippen LogP contribution >= 0.6 is 0 Å². The Morgan fingerprint density at radius 1 is 0.267 bits per heavy atom. The minimum absolute atomic E-state index is 0.689. The largest absolute Gasteiger partial charge is 0.247 e. The van der Waals surface area contributed by atoms with Crippen LogP contribution in [0.2, 0.25) is 0 Å². The smallest absolute Gasteiger partial charge is 0.161 e. The Hall–Kier alpha value is -8.01. The lowest BCUT2D eigenvalue weighted by atomic mass is 9.91. The van der Waals surface area contributed by atoms with Crippen molar-refractivity contribution in [3.8, 4) is 56.3 Å². The highest BCUT2D eigenvalue weighted by molar-refractivity contribution is 6.18. The third-order valence-electron chi connectivity index (χ3n) is 12.0. The predicted octanol–water partition coefficient (Wildman–Crippen LogP) is 15.1. The Labute approximate surface area is 346 Å². The molecule has 0 atom stereocenters. The van der Waals surface area contributed by atoms with E-state index in [2.05, 4.69) is 212 Å². The van der Waals surface area contributed by atoms with Gasteiger partial charge in [-0.15, -0.1) is 0 Å². The quantitative estimate of drug-likeness (QED) is 0.164. The molecule has 0 bridgehead atoms. The number of hydrogen-bond acceptors (Lipinski definition) is 3. The third-order valence-corrected chi connectivity index (χ3v) is 12.0. The molecule has 0 amide bonds. The first-order chi connectivity index (χ1) is 29.7. The molecule has 0 unspecified atom stereocenters. The average molecular weight is 762 g/mol. The average Bonchev–Trinajstić information content (AvgIpc) is 3.33. The van der Waals surface area contributed by atoms with Crippen molar-refractivity contribution >= 4 is 64.8 Å². The number of fused-ring (bicyclic) bond motifs is 9. The van der Waals surface area contributed by atoms with Crippen LogP contribution in [-0.2, 0) is 0 Å². The van der Waals surface area contributed by atoms with E-state index in [1.165, 1.54) is 37.9 Å². The van der Waals surface area contributed by atoms with E-state index < -0.39 is 0 Å². The van der Waals surface area contributed by atoms with Gasteiger partial charge in [0.2, 0.25) is 0 Å². The van der Waals surface area contributed by atoms with Crippen LogP contribution in [0, 0.1) is 0 Å². The number of rotatable bonds is 5. The molecule has 12 rings (SSSR count). The zero-order valence-electron chi connectivity index (χ0n) is 32.5. The van der Waals surface area contributed by atoms with E-state index in [-0.39, 0.29) is 0 Å². The highest BCUT2D eigenvalue weighted by Gasteiger charge is 2.19. The van der Waals surface area contributed by atoms with Crippen LogP contribution in [0.3, 0.4) is 0 Å². The standard InChI is InChI=1S/C57H35N3/c1-3-16-36(17-4-1)43-28-15-29-48-55(43)51-34-40(30-31-52(51)58-56(48)37-18-5-2-6-19-37)53-35-54(49-32-38-20-7-9-22-41(38)44-24-11-13-26-46(44)49)60-57(59-53)50-33-39-21-8-10-23-42(39)45-25-12-14-27-47(45)50/h1-35H. The topological polar surface area (TPSA) is 38.7 Å². The number of aromatic nitrogens is 3. The fourth-order valence-electron chi connectivity index (χ4n) is 9.25. The predicted molar refractivity (Wildman–Crippen MR) is 252 cm³/mol. The van der Waals surface area contributed by atoms with Gasteiger partial charge in [-0.2, -0.15) is 0 Å². The highest BCUT2D eigenvalue weighted by Crippen LogP contribution is 2.42. The maximum absolute atomic E-state index is 5.50. The van der Waals surface area contributed by atoms with E-state index in [0.29, 0.717) is 5.82 Å². The fourth-order valence-corrected chi connectivity index (χ4v) is 9.25. The molecule has 3 heteroatoms. The molecule has 278 valence electrons. The first-order valence-electron chi connectivity index (χ1n) is 20.4. The molecule has 0 fully saturated rings. The van der Waals surface area contributed by atoms with E-state index in [1.54, 1.807) is 0 Å². The van der Waals surface area contributed by atoms with Crippen LogP contribution < -0.4 is 0 Å². The van der Waals surface area contributed by atoms with E-state index >= 15 is 0 Å². The fraction of sp³-hybridized carbons (Fsp3) is 0. The number of pyridine rings is 1. The van der Waals surface area contributed by atoms with Crippen molar-refractivity contribution in [2.24, 2.45) is 0 Å². The molecule has 3 nitrogen and oxygen atoms in total. The van der Waals surface area contributed by atoms with Crippen molar-refractivity contribution in [2.45, 2.75) is 0 Å². The highest BCUT2D eigenvalue weighted by atomic mass is 14.9. The number of hydrogen-bond donors (Lipinski definition) is 0. The molecule has 0 spiro atoms. The molecular formula is C57H35N3. The molecule has 10 aromatic carbocycles. The van der Waals surface area contributed by atoms with E-state index in [1.807, 2.05) is 0 Å². The lowest BCUT2D eigenvalue weighted by Crippen LogP contribution is -1.98. The van der Waals surface area contributed by atoms with Gasteiger partial charge in [0.1, 0.15) is 0 Å². The van der Waals surface area contributed by atoms with Gasteiger partial charge in [0.05, 0.1) is 22.6 Å². The van der Waals surface area contributed by atoms with Crippen LogP contribution in [0.1, 0.15) is 0 Å². The van der Waals surface area contributed by atoms with E-state index in [0.717, 1.165) is 77.3 Å². The molecule has 60 heavy (non-hydrogen) atoms. The van der Waals surface area contributed by atoms with Gasteiger partial charge < -0.3 is 0 Å². The van der Waals surface area contributed by atoms with Gasteiger partial charge in [-0.3, -0.25) is 0 Å². The van der Waals surface area contributed by atoms with Gasteiger partial charge in [-0.25, -0.2) is 15.0 Å². The normalized spacial score (nSPS) is 11.7. The first kappa shape index (κ1) is 34.1. The summed E-state index contributed by atoms with van der Waals surface area (Å²) in [7, 11) is 0. The van der Waals surface area contributed by atoms with Crippen molar-refractivity contribution in [1.29, 1.82) is 0 Å². The molecule has 0 N–H and O–H groups in total. The zero-order valence-corrected chi connectivity index (χ0v) is 32.5. The second-order valence-corrected chi connectivity index (χ2v) is 15.5. The SMILES string of the molecule is c1ccc(-c2nc3ccc(-c4cc(-c5cc6ccccc6c6ccccc56)nc(-c5cc6ccccc6c6ccccc56)n4)cc3c3c(-c4ccccc4)cccc23)cc1. The Bertz CT molecular complexity index is 3510. The monoisotopic (exact) mass is 761 g/mol. The minimum Gasteiger partial charge on any atom is -0.247 e. The Kier molecular flexibility index (Phi) is 7.85. The van der Waals surface area contributed by atoms with E-state index in [9.17, 15) is 0 Å². The van der Waals surface area contributed by atoms with E-state index in [4.69, 9.17) is 15.0 Å². The molecule has 0 aliphatic rings. The number of benzene rings is 10. The van der Waals surface area contributed by atoms with Crippen molar-refractivity contribution < 1.29 is 0 Å². The molecular weight excluding hydrogens is 727 g/mol. The number of nitrogens with zero attached hydrogens (tertiary/aromatic N) is 3. The van der Waals surface area contributed by atoms with Crippen LogP contribution in [-0.4, -0.2) is 15.0 Å². The van der Waals surface area contributed by atoms with Crippen LogP contribution in [0.25, 0.3) is 121 Å². The summed E-state index contributed by atoms with van der Waals surface area (Å²) in [5.74, 6) is 0.689. The molecule has 0 aliphatic heterocycles. The van der Waals surface area contributed by atoms with Crippen LogP contribution in [0.15, 0.2) is 212 Å². The molecule has 2 aromatic heterocycles. The summed E-state index contributed by atoms with van der Waals surface area (Å²) >= 11 is 0. The maximum atomic E-state index is 5.50. The van der Waals surface area contributed by atoms with Gasteiger partial charge >= 0.3 is 0 Å². The summed E-state index contributed by atoms with van der Waals surface area (Å²) in [6.45, 7) is 0. The summed E-state index contributed by atoms with van der Waals surface area (Å²) in [5, 5.41) is 12.8. The van der Waals surface area contributed by atoms with Gasteiger partial charge in [-0.1, -0.05) is 182 Å². The van der Waals surface area contributed by atoms with Crippen molar-refractivity contribution in [3.63, 3.8) is 0 Å². The molecule has 2 heterocycles. The Balaban J connectivity index is 1.17. The van der Waals surface area contributed by atoms with Crippen molar-refractivity contribution in [3.05, 3.63) is 212 Å². The van der Waals surface area contributed by atoms with Gasteiger partial charge in [-0.05, 0) is 84.5 Å². The minimum atomic E-state index is 0.689. The van der Waals surface area contributed by atoms with Gasteiger partial charge in [0.15, 0.2) is 5.82 Å². The summed E-state index contributed by atoms with van der Waals surface area (Å²) < 4.78 is 0. The third kappa shape index (κ3) is 5.55. The summed E-state index contributed by atoms with van der Waals surface area (Å²) in [6.07, 6.45) is 0. The molecule has 12 aromatic rings. The molecule has 0 radical (unpaired) electrons. The molecule has 0 saturated carbocycles. The molecule has 0 saturated heterocycles. The van der Waals surface area contributed by atoms with Gasteiger partial charge in [0.25, 0.3) is 0 Å². The maximum Gasteiger partial charge on any atom is 0.161 e. The second-order valence-electron chi connectivity index (χ2n) is 15.5. The van der Waals surface area contributed by atoms with Crippen molar-refractivity contribution in [1.82, 2.24) is 15.0 Å². The van der Waals surface area contributed by atoms with Crippen LogP contribution in [0.5, 0.6) is 0 Å². The van der Waals surface area contributed by atoms with Crippen LogP contribution in [0.4, 0.5) is 0 Å². The lowest BCUT2D eigenvalue weighted by molar-refractivity contribution is 1.19. The first-order valence-corrected chi connectivity index (χ1v) is 20.4. The Morgan fingerprint density at radius 2 is 0.800 bits per heavy atom. The molecule has 0 aliphatic carbocycles. The Morgan fingerprint density at radius 3 is 1.48 bits per heavy atom. The summed E-state index contributed by atoms with van der Waals surface area (Å²) in [5.41, 5.74) is 10.1. The van der Waals surface area contributed by atoms with Crippen molar-refractivity contribution in [2.75, 3.05) is 0 Å². The van der Waals surface area contributed by atoms with Gasteiger partial charge in [0, 0.05) is 38.4 Å². The second kappa shape index (κ2) is 13.8. The zero-order chi connectivity index (χ0) is 39.6.